The van der Waals surface area contributed by atoms with E-state index in [0.29, 0.717) is 0 Å². The van der Waals surface area contributed by atoms with E-state index in [0.717, 1.165) is 21.4 Å². The number of nitrogens with zero attached hydrogens (tertiary/aromatic N) is 2. The first kappa shape index (κ1) is 8.44. The van der Waals surface area contributed by atoms with Crippen LogP contribution in [0.4, 0.5) is 0 Å². The summed E-state index contributed by atoms with van der Waals surface area (Å²) in [6.07, 6.45) is 5.17. The zero-order valence-corrected chi connectivity index (χ0v) is 8.58. The zero-order chi connectivity index (χ0) is 9.26. The first-order valence-corrected chi connectivity index (χ1v) is 4.59. The highest BCUT2D eigenvalue weighted by Crippen LogP contribution is 2.24. The van der Waals surface area contributed by atoms with Crippen LogP contribution in [0.3, 0.4) is 0 Å². The summed E-state index contributed by atoms with van der Waals surface area (Å²) in [6, 6.07) is 1.94. The van der Waals surface area contributed by atoms with E-state index in [4.69, 9.17) is 4.52 Å². The number of hydrogen-bond acceptors (Lipinski definition) is 3. The van der Waals surface area contributed by atoms with Gasteiger partial charge in [-0.15, -0.1) is 0 Å². The molecule has 0 radical (unpaired) electrons. The van der Waals surface area contributed by atoms with E-state index in [1.807, 2.05) is 13.0 Å². The molecule has 0 N–H and O–H groups in total. The number of hydrogen-bond donors (Lipinski definition) is 0. The molecule has 0 saturated carbocycles. The molecular formula is C9H7BrN2O. The predicted molar refractivity (Wildman–Crippen MR) is 52.2 cm³/mol. The fraction of sp³-hybridized carbons (Fsp3) is 0.111. The van der Waals surface area contributed by atoms with Crippen molar-refractivity contribution in [1.82, 2.24) is 10.1 Å². The summed E-state index contributed by atoms with van der Waals surface area (Å²) < 4.78 is 6.03. The van der Waals surface area contributed by atoms with Crippen LogP contribution < -0.4 is 0 Å². The minimum atomic E-state index is 0.772. The molecule has 2 heterocycles. The quantitative estimate of drug-likeness (QED) is 0.767. The highest BCUT2D eigenvalue weighted by Gasteiger charge is 2.06. The van der Waals surface area contributed by atoms with Crippen molar-refractivity contribution in [1.29, 1.82) is 0 Å². The third kappa shape index (κ3) is 1.62. The Labute approximate surface area is 83.9 Å². The lowest BCUT2D eigenvalue weighted by molar-refractivity contribution is 0.431. The summed E-state index contributed by atoms with van der Waals surface area (Å²) in [6.45, 7) is 1.95. The molecule has 0 atom stereocenters. The minimum absolute atomic E-state index is 0.772. The third-order valence-electron chi connectivity index (χ3n) is 1.72. The van der Waals surface area contributed by atoms with Crippen LogP contribution in [0.15, 0.2) is 33.7 Å². The van der Waals surface area contributed by atoms with Crippen molar-refractivity contribution in [3.8, 4) is 11.3 Å². The molecule has 0 unspecified atom stereocenters. The molecule has 4 heteroatoms. The predicted octanol–water partition coefficient (Wildman–Crippen LogP) is 2.81. The zero-order valence-electron chi connectivity index (χ0n) is 6.99. The van der Waals surface area contributed by atoms with E-state index in [1.165, 1.54) is 0 Å². The third-order valence-corrected chi connectivity index (χ3v) is 2.15. The van der Waals surface area contributed by atoms with Crippen LogP contribution in [-0.2, 0) is 0 Å². The number of halogens is 1. The summed E-state index contributed by atoms with van der Waals surface area (Å²) in [5.41, 5.74) is 1.95. The molecule has 66 valence electrons. The Morgan fingerprint density at radius 3 is 2.77 bits per heavy atom. The molecule has 0 saturated heterocycles. The first-order valence-electron chi connectivity index (χ1n) is 3.79. The monoisotopic (exact) mass is 238 g/mol. The molecule has 0 aliphatic rings. The van der Waals surface area contributed by atoms with Gasteiger partial charge in [-0.1, -0.05) is 5.16 Å². The van der Waals surface area contributed by atoms with E-state index >= 15 is 0 Å². The number of aryl methyl sites for hydroxylation is 1. The summed E-state index contributed by atoms with van der Waals surface area (Å²) in [5, 5.41) is 3.71. The standard InChI is InChI=1S/C9H7BrN2O/c1-6-3-12-13-9(6)7-2-8(10)5-11-4-7/h2-5H,1H3. The van der Waals surface area contributed by atoms with Gasteiger partial charge >= 0.3 is 0 Å². The highest BCUT2D eigenvalue weighted by molar-refractivity contribution is 9.10. The van der Waals surface area contributed by atoms with E-state index in [1.54, 1.807) is 18.6 Å². The lowest BCUT2D eigenvalue weighted by atomic mass is 10.2. The molecule has 2 aromatic heterocycles. The minimum Gasteiger partial charge on any atom is -0.356 e. The maximum Gasteiger partial charge on any atom is 0.171 e. The molecule has 0 aliphatic heterocycles. The fourth-order valence-corrected chi connectivity index (χ4v) is 1.47. The molecule has 0 amide bonds. The van der Waals surface area contributed by atoms with Crippen molar-refractivity contribution in [3.63, 3.8) is 0 Å². The lowest BCUT2D eigenvalue weighted by Gasteiger charge is -1.96. The van der Waals surface area contributed by atoms with Crippen LogP contribution in [0.2, 0.25) is 0 Å². The van der Waals surface area contributed by atoms with E-state index in [2.05, 4.69) is 26.1 Å². The largest absolute Gasteiger partial charge is 0.356 e. The summed E-state index contributed by atoms with van der Waals surface area (Å²) in [5.74, 6) is 0.772. The van der Waals surface area contributed by atoms with Gasteiger partial charge in [0.2, 0.25) is 0 Å². The van der Waals surface area contributed by atoms with Gasteiger partial charge in [0, 0.05) is 28.0 Å². The van der Waals surface area contributed by atoms with Crippen LogP contribution in [0, 0.1) is 6.92 Å². The second-order valence-corrected chi connectivity index (χ2v) is 3.65. The second-order valence-electron chi connectivity index (χ2n) is 2.73. The molecule has 3 nitrogen and oxygen atoms in total. The number of pyridine rings is 1. The topological polar surface area (TPSA) is 38.9 Å². The molecule has 2 aromatic rings. The highest BCUT2D eigenvalue weighted by atomic mass is 79.9. The van der Waals surface area contributed by atoms with Crippen molar-refractivity contribution in [2.45, 2.75) is 6.92 Å². The van der Waals surface area contributed by atoms with Crippen molar-refractivity contribution >= 4 is 15.9 Å². The van der Waals surface area contributed by atoms with Gasteiger partial charge in [0.1, 0.15) is 0 Å². The van der Waals surface area contributed by atoms with Gasteiger partial charge in [-0.2, -0.15) is 0 Å². The molecule has 13 heavy (non-hydrogen) atoms. The summed E-state index contributed by atoms with van der Waals surface area (Å²) >= 11 is 3.35. The average molecular weight is 239 g/mol. The van der Waals surface area contributed by atoms with Gasteiger partial charge in [-0.05, 0) is 28.9 Å². The van der Waals surface area contributed by atoms with Crippen LogP contribution in [0.5, 0.6) is 0 Å². The molecule has 0 fully saturated rings. The van der Waals surface area contributed by atoms with Crippen LogP contribution >= 0.6 is 15.9 Å². The van der Waals surface area contributed by atoms with Crippen molar-refractivity contribution in [3.05, 3.63) is 34.7 Å². The normalized spacial score (nSPS) is 10.3. The second kappa shape index (κ2) is 3.30. The molecule has 2 rings (SSSR count). The Bertz CT molecular complexity index is 425. The van der Waals surface area contributed by atoms with E-state index in [9.17, 15) is 0 Å². The molecule has 0 bridgehead atoms. The Hall–Kier alpha value is -1.16. The van der Waals surface area contributed by atoms with Crippen LogP contribution in [-0.4, -0.2) is 10.1 Å². The van der Waals surface area contributed by atoms with Crippen molar-refractivity contribution in [2.75, 3.05) is 0 Å². The molecule has 0 aliphatic carbocycles. The molecule has 0 spiro atoms. The first-order chi connectivity index (χ1) is 6.27. The molecular weight excluding hydrogens is 232 g/mol. The van der Waals surface area contributed by atoms with Crippen LogP contribution in [0.25, 0.3) is 11.3 Å². The Balaban J connectivity index is 2.53. The van der Waals surface area contributed by atoms with Crippen molar-refractivity contribution < 1.29 is 4.52 Å². The SMILES string of the molecule is Cc1cnoc1-c1cncc(Br)c1. The summed E-state index contributed by atoms with van der Waals surface area (Å²) in [7, 11) is 0. The molecule has 0 aromatic carbocycles. The van der Waals surface area contributed by atoms with Gasteiger partial charge in [-0.25, -0.2) is 0 Å². The fourth-order valence-electron chi connectivity index (χ4n) is 1.11. The van der Waals surface area contributed by atoms with E-state index in [-0.39, 0.29) is 0 Å². The maximum absolute atomic E-state index is 5.09. The van der Waals surface area contributed by atoms with Crippen LogP contribution in [0.1, 0.15) is 5.56 Å². The Morgan fingerprint density at radius 1 is 1.31 bits per heavy atom. The number of aromatic nitrogens is 2. The van der Waals surface area contributed by atoms with E-state index < -0.39 is 0 Å². The van der Waals surface area contributed by atoms with Gasteiger partial charge < -0.3 is 4.52 Å². The Kier molecular flexibility index (Phi) is 2.14. The van der Waals surface area contributed by atoms with Crippen molar-refractivity contribution in [2.24, 2.45) is 0 Å². The average Bonchev–Trinajstić information content (AvgIpc) is 2.51. The van der Waals surface area contributed by atoms with Gasteiger partial charge in [-0.3, -0.25) is 4.98 Å². The Morgan fingerprint density at radius 2 is 2.15 bits per heavy atom. The smallest absolute Gasteiger partial charge is 0.171 e. The number of rotatable bonds is 1. The van der Waals surface area contributed by atoms with Gasteiger partial charge in [0.15, 0.2) is 5.76 Å². The maximum atomic E-state index is 5.09. The lowest BCUT2D eigenvalue weighted by Crippen LogP contribution is -1.79. The summed E-state index contributed by atoms with van der Waals surface area (Å²) in [4.78, 5) is 4.05. The van der Waals surface area contributed by atoms with Gasteiger partial charge in [0.25, 0.3) is 0 Å². The van der Waals surface area contributed by atoms with Gasteiger partial charge in [0.05, 0.1) is 6.20 Å².